The van der Waals surface area contributed by atoms with Gasteiger partial charge in [0, 0.05) is 31.8 Å². The van der Waals surface area contributed by atoms with Gasteiger partial charge in [-0.3, -0.25) is 9.59 Å². The second kappa shape index (κ2) is 6.35. The van der Waals surface area contributed by atoms with Gasteiger partial charge in [-0.1, -0.05) is 25.7 Å². The highest BCUT2D eigenvalue weighted by molar-refractivity contribution is 5.81. The molecule has 0 atom stereocenters. The lowest BCUT2D eigenvalue weighted by Crippen LogP contribution is -2.42. The number of hydrogen-bond donors (Lipinski definition) is 0. The summed E-state index contributed by atoms with van der Waals surface area (Å²) in [6.07, 6.45) is 10.2. The number of rotatable bonds is 2. The van der Waals surface area contributed by atoms with Crippen LogP contribution in [0.25, 0.3) is 0 Å². The van der Waals surface area contributed by atoms with E-state index in [9.17, 15) is 9.59 Å². The number of amides is 1. The van der Waals surface area contributed by atoms with Crippen molar-refractivity contribution in [2.24, 2.45) is 5.92 Å². The number of carbonyl (C=O) groups is 2. The Hall–Kier alpha value is -0.860. The van der Waals surface area contributed by atoms with Gasteiger partial charge >= 0.3 is 0 Å². The standard InChI is InChI=1S/C15H25NO2/c1-16(13-8-10-14(17)11-9-13)15(18)12-6-4-2-3-5-7-12/h12-13H,2-11H2,1H3. The largest absolute Gasteiger partial charge is 0.343 e. The topological polar surface area (TPSA) is 37.4 Å². The first-order valence-corrected chi connectivity index (χ1v) is 7.47. The van der Waals surface area contributed by atoms with E-state index in [1.165, 1.54) is 25.7 Å². The molecule has 2 aliphatic rings. The van der Waals surface area contributed by atoms with Crippen molar-refractivity contribution in [2.75, 3.05) is 7.05 Å². The molecule has 18 heavy (non-hydrogen) atoms. The first-order chi connectivity index (χ1) is 8.68. The molecule has 0 unspecified atom stereocenters. The molecular weight excluding hydrogens is 226 g/mol. The fourth-order valence-corrected chi connectivity index (χ4v) is 3.31. The lowest BCUT2D eigenvalue weighted by Gasteiger charge is -2.33. The average molecular weight is 251 g/mol. The molecule has 0 radical (unpaired) electrons. The van der Waals surface area contributed by atoms with E-state index in [0.29, 0.717) is 30.6 Å². The van der Waals surface area contributed by atoms with Crippen LogP contribution in [-0.2, 0) is 9.59 Å². The van der Waals surface area contributed by atoms with Gasteiger partial charge in [0.2, 0.25) is 5.91 Å². The molecule has 0 aliphatic heterocycles. The zero-order valence-corrected chi connectivity index (χ0v) is 11.5. The van der Waals surface area contributed by atoms with Gasteiger partial charge in [-0.15, -0.1) is 0 Å². The molecule has 0 N–H and O–H groups in total. The zero-order valence-electron chi connectivity index (χ0n) is 11.5. The van der Waals surface area contributed by atoms with Crippen LogP contribution in [0.4, 0.5) is 0 Å². The molecule has 2 saturated carbocycles. The van der Waals surface area contributed by atoms with E-state index >= 15 is 0 Å². The number of nitrogens with zero attached hydrogens (tertiary/aromatic N) is 1. The van der Waals surface area contributed by atoms with Crippen molar-refractivity contribution in [1.82, 2.24) is 4.90 Å². The Kier molecular flexibility index (Phi) is 4.79. The number of carbonyl (C=O) groups excluding carboxylic acids is 2. The highest BCUT2D eigenvalue weighted by atomic mass is 16.2. The van der Waals surface area contributed by atoms with Gasteiger partial charge < -0.3 is 4.90 Å². The number of hydrogen-bond acceptors (Lipinski definition) is 2. The van der Waals surface area contributed by atoms with Crippen LogP contribution >= 0.6 is 0 Å². The smallest absolute Gasteiger partial charge is 0.225 e. The van der Waals surface area contributed by atoms with Gasteiger partial charge in [-0.05, 0) is 25.7 Å². The predicted molar refractivity (Wildman–Crippen MR) is 71.2 cm³/mol. The van der Waals surface area contributed by atoms with Gasteiger partial charge in [0.1, 0.15) is 5.78 Å². The van der Waals surface area contributed by atoms with Gasteiger partial charge in [0.25, 0.3) is 0 Å². The van der Waals surface area contributed by atoms with Gasteiger partial charge in [-0.2, -0.15) is 0 Å². The van der Waals surface area contributed by atoms with Gasteiger partial charge in [0.05, 0.1) is 0 Å². The highest BCUT2D eigenvalue weighted by Gasteiger charge is 2.29. The first kappa shape index (κ1) is 13.6. The molecule has 1 amide bonds. The molecular formula is C15H25NO2. The summed E-state index contributed by atoms with van der Waals surface area (Å²) < 4.78 is 0. The third kappa shape index (κ3) is 3.33. The number of ketones is 1. The summed E-state index contributed by atoms with van der Waals surface area (Å²) in [5.41, 5.74) is 0. The minimum Gasteiger partial charge on any atom is -0.343 e. The van der Waals surface area contributed by atoms with Crippen LogP contribution in [-0.4, -0.2) is 29.7 Å². The van der Waals surface area contributed by atoms with Crippen molar-refractivity contribution < 1.29 is 9.59 Å². The number of Topliss-reactive ketones (excluding diaryl/α,β-unsaturated/α-hetero) is 1. The molecule has 0 aromatic rings. The molecule has 0 aromatic carbocycles. The van der Waals surface area contributed by atoms with Crippen molar-refractivity contribution in [3.8, 4) is 0 Å². The molecule has 0 heterocycles. The quantitative estimate of drug-likeness (QED) is 0.708. The molecule has 2 fully saturated rings. The van der Waals surface area contributed by atoms with E-state index in [0.717, 1.165) is 25.7 Å². The van der Waals surface area contributed by atoms with Crippen LogP contribution in [0.2, 0.25) is 0 Å². The van der Waals surface area contributed by atoms with Crippen molar-refractivity contribution in [2.45, 2.75) is 70.3 Å². The Morgan fingerprint density at radius 2 is 1.56 bits per heavy atom. The molecule has 102 valence electrons. The summed E-state index contributed by atoms with van der Waals surface area (Å²) in [5, 5.41) is 0. The summed E-state index contributed by atoms with van der Waals surface area (Å²) in [5.74, 6) is 0.938. The Balaban J connectivity index is 1.88. The molecule has 2 rings (SSSR count). The van der Waals surface area contributed by atoms with Crippen LogP contribution in [0.5, 0.6) is 0 Å². The van der Waals surface area contributed by atoms with Crippen LogP contribution < -0.4 is 0 Å². The maximum absolute atomic E-state index is 12.5. The van der Waals surface area contributed by atoms with E-state index in [2.05, 4.69) is 0 Å². The van der Waals surface area contributed by atoms with E-state index in [-0.39, 0.29) is 5.92 Å². The van der Waals surface area contributed by atoms with Crippen molar-refractivity contribution in [3.63, 3.8) is 0 Å². The molecule has 0 bridgehead atoms. The summed E-state index contributed by atoms with van der Waals surface area (Å²) in [6.45, 7) is 0. The van der Waals surface area contributed by atoms with Crippen molar-refractivity contribution >= 4 is 11.7 Å². The van der Waals surface area contributed by atoms with E-state index in [4.69, 9.17) is 0 Å². The fraction of sp³-hybridized carbons (Fsp3) is 0.867. The van der Waals surface area contributed by atoms with Crippen LogP contribution in [0.3, 0.4) is 0 Å². The summed E-state index contributed by atoms with van der Waals surface area (Å²) in [7, 11) is 1.94. The summed E-state index contributed by atoms with van der Waals surface area (Å²) in [4.78, 5) is 25.7. The van der Waals surface area contributed by atoms with Gasteiger partial charge in [-0.25, -0.2) is 0 Å². The molecule has 0 saturated heterocycles. The maximum atomic E-state index is 12.5. The van der Waals surface area contributed by atoms with E-state index in [1.807, 2.05) is 11.9 Å². The SMILES string of the molecule is CN(C(=O)C1CCCCCC1)C1CCC(=O)CC1. The average Bonchev–Trinajstić information content (AvgIpc) is 2.67. The first-order valence-electron chi connectivity index (χ1n) is 7.47. The summed E-state index contributed by atoms with van der Waals surface area (Å²) in [6, 6.07) is 0.304. The minimum atomic E-state index is 0.245. The van der Waals surface area contributed by atoms with Crippen molar-refractivity contribution in [3.05, 3.63) is 0 Å². The van der Waals surface area contributed by atoms with Gasteiger partial charge in [0.15, 0.2) is 0 Å². The Labute approximate surface area is 110 Å². The van der Waals surface area contributed by atoms with E-state index in [1.54, 1.807) is 0 Å². The zero-order chi connectivity index (χ0) is 13.0. The molecule has 2 aliphatic carbocycles. The van der Waals surface area contributed by atoms with Crippen LogP contribution in [0.15, 0.2) is 0 Å². The molecule has 0 spiro atoms. The Morgan fingerprint density at radius 1 is 1.00 bits per heavy atom. The maximum Gasteiger partial charge on any atom is 0.225 e. The molecule has 3 heteroatoms. The second-order valence-electron chi connectivity index (χ2n) is 5.91. The lowest BCUT2D eigenvalue weighted by atomic mass is 9.91. The van der Waals surface area contributed by atoms with E-state index < -0.39 is 0 Å². The van der Waals surface area contributed by atoms with Crippen molar-refractivity contribution in [1.29, 1.82) is 0 Å². The monoisotopic (exact) mass is 251 g/mol. The Morgan fingerprint density at radius 3 is 2.11 bits per heavy atom. The highest BCUT2D eigenvalue weighted by Crippen LogP contribution is 2.27. The summed E-state index contributed by atoms with van der Waals surface area (Å²) >= 11 is 0. The van der Waals surface area contributed by atoms with Crippen LogP contribution in [0.1, 0.15) is 64.2 Å². The minimum absolute atomic E-state index is 0.245. The Bertz CT molecular complexity index is 296. The third-order valence-electron chi connectivity index (χ3n) is 4.61. The molecule has 3 nitrogen and oxygen atoms in total. The third-order valence-corrected chi connectivity index (χ3v) is 4.61. The lowest BCUT2D eigenvalue weighted by molar-refractivity contribution is -0.138. The van der Waals surface area contributed by atoms with Crippen LogP contribution in [0, 0.1) is 5.92 Å². The predicted octanol–water partition coefficient (Wildman–Crippen LogP) is 2.93. The normalized spacial score (nSPS) is 23.7. The molecule has 0 aromatic heterocycles. The second-order valence-corrected chi connectivity index (χ2v) is 5.91. The fourth-order valence-electron chi connectivity index (χ4n) is 3.31.